The van der Waals surface area contributed by atoms with E-state index >= 15 is 0 Å². The second kappa shape index (κ2) is 7.49. The van der Waals surface area contributed by atoms with Crippen molar-refractivity contribution in [1.82, 2.24) is 4.90 Å². The highest BCUT2D eigenvalue weighted by molar-refractivity contribution is 5.68. The van der Waals surface area contributed by atoms with E-state index in [9.17, 15) is 18.0 Å². The molecule has 1 aliphatic rings. The van der Waals surface area contributed by atoms with Gasteiger partial charge in [0.05, 0.1) is 12.6 Å². The molecule has 1 amide bonds. The number of nitrogens with zero attached hydrogens (tertiary/aromatic N) is 1. The normalized spacial score (nSPS) is 19.0. The highest BCUT2D eigenvalue weighted by Crippen LogP contribution is 2.23. The van der Waals surface area contributed by atoms with Crippen molar-refractivity contribution in [1.29, 1.82) is 0 Å². The van der Waals surface area contributed by atoms with Crippen molar-refractivity contribution in [3.63, 3.8) is 0 Å². The second-order valence-corrected chi connectivity index (χ2v) is 5.14. The summed E-state index contributed by atoms with van der Waals surface area (Å²) in [7, 11) is 0. The van der Waals surface area contributed by atoms with Gasteiger partial charge in [0, 0.05) is 6.54 Å². The first-order chi connectivity index (χ1) is 10.5. The molecule has 2 rings (SSSR count). The molecular weight excluding hydrogens is 299 g/mol. The van der Waals surface area contributed by atoms with Gasteiger partial charge in [-0.2, -0.15) is 0 Å². The first-order valence-corrected chi connectivity index (χ1v) is 7.14. The van der Waals surface area contributed by atoms with E-state index in [1.165, 1.54) is 4.90 Å². The van der Waals surface area contributed by atoms with Crippen molar-refractivity contribution in [2.45, 2.75) is 38.3 Å². The van der Waals surface area contributed by atoms with Crippen LogP contribution < -0.4 is 0 Å². The molecule has 0 radical (unpaired) electrons. The predicted octanol–water partition coefficient (Wildman–Crippen LogP) is 3.71. The summed E-state index contributed by atoms with van der Waals surface area (Å²) < 4.78 is 45.5. The number of amides is 1. The summed E-state index contributed by atoms with van der Waals surface area (Å²) in [6.45, 7) is -0.0630. The third kappa shape index (κ3) is 5.22. The lowest BCUT2D eigenvalue weighted by Gasteiger charge is -2.34. The lowest BCUT2D eigenvalue weighted by molar-refractivity contribution is -0.328. The summed E-state index contributed by atoms with van der Waals surface area (Å²) in [5.41, 5.74) is 0.830. The van der Waals surface area contributed by atoms with E-state index in [2.05, 4.69) is 4.74 Å². The Hall–Kier alpha value is -1.76. The number of carbonyl (C=O) groups excluding carboxylic acids is 1. The van der Waals surface area contributed by atoms with Crippen LogP contribution in [-0.2, 0) is 16.1 Å². The molecule has 1 fully saturated rings. The number of halogens is 3. The average molecular weight is 317 g/mol. The topological polar surface area (TPSA) is 38.8 Å². The Labute approximate surface area is 126 Å². The number of carbonyl (C=O) groups is 1. The minimum absolute atomic E-state index is 0.100. The van der Waals surface area contributed by atoms with Crippen LogP contribution in [0.25, 0.3) is 0 Å². The van der Waals surface area contributed by atoms with E-state index in [4.69, 9.17) is 4.74 Å². The Bertz CT molecular complexity index is 479. The maximum atomic E-state index is 12.2. The third-order valence-electron chi connectivity index (χ3n) is 3.51. The molecule has 1 saturated heterocycles. The molecule has 0 aliphatic carbocycles. The molecule has 1 aliphatic heterocycles. The molecule has 0 saturated carbocycles. The molecule has 4 nitrogen and oxygen atoms in total. The summed E-state index contributed by atoms with van der Waals surface area (Å²) in [6.07, 6.45) is -3.27. The summed E-state index contributed by atoms with van der Waals surface area (Å²) in [4.78, 5) is 13.4. The van der Waals surface area contributed by atoms with Crippen molar-refractivity contribution >= 4 is 6.09 Å². The van der Waals surface area contributed by atoms with E-state index in [-0.39, 0.29) is 6.61 Å². The number of alkyl halides is 3. The molecule has 1 aromatic carbocycles. The number of likely N-dealkylation sites (tertiary alicyclic amines) is 1. The largest absolute Gasteiger partial charge is 0.522 e. The molecule has 1 unspecified atom stereocenters. The van der Waals surface area contributed by atoms with Gasteiger partial charge in [0.2, 0.25) is 0 Å². The summed E-state index contributed by atoms with van der Waals surface area (Å²) in [6, 6.07) is 8.52. The Balaban J connectivity index is 1.87. The number of hydrogen-bond donors (Lipinski definition) is 0. The summed E-state index contributed by atoms with van der Waals surface area (Å²) in [5.74, 6) is 0. The highest BCUT2D eigenvalue weighted by Gasteiger charge is 2.34. The Kier molecular flexibility index (Phi) is 5.65. The fourth-order valence-electron chi connectivity index (χ4n) is 2.41. The standard InChI is InChI=1S/C15H18F3NO3/c16-15(17,18)22-11-13-8-4-5-9-19(13)14(20)21-10-12-6-2-1-3-7-12/h1-3,6-7,13H,4-5,8-11H2. The van der Waals surface area contributed by atoms with Gasteiger partial charge in [-0.25, -0.2) is 4.79 Å². The Morgan fingerprint density at radius 3 is 2.64 bits per heavy atom. The Morgan fingerprint density at radius 2 is 1.95 bits per heavy atom. The van der Waals surface area contributed by atoms with E-state index in [1.807, 2.05) is 30.3 Å². The van der Waals surface area contributed by atoms with Gasteiger partial charge < -0.3 is 9.64 Å². The molecular formula is C15H18F3NO3. The third-order valence-corrected chi connectivity index (χ3v) is 3.51. The smallest absolute Gasteiger partial charge is 0.445 e. The molecule has 1 aromatic rings. The number of piperidine rings is 1. The van der Waals surface area contributed by atoms with Gasteiger partial charge in [0.1, 0.15) is 6.61 Å². The van der Waals surface area contributed by atoms with Crippen LogP contribution in [0, 0.1) is 0 Å². The fraction of sp³-hybridized carbons (Fsp3) is 0.533. The van der Waals surface area contributed by atoms with Crippen LogP contribution in [0.3, 0.4) is 0 Å². The Morgan fingerprint density at radius 1 is 1.23 bits per heavy atom. The second-order valence-electron chi connectivity index (χ2n) is 5.14. The first kappa shape index (κ1) is 16.6. The average Bonchev–Trinajstić information content (AvgIpc) is 2.51. The molecule has 122 valence electrons. The van der Waals surface area contributed by atoms with Crippen LogP contribution in [0.15, 0.2) is 30.3 Å². The van der Waals surface area contributed by atoms with Gasteiger partial charge in [-0.15, -0.1) is 13.2 Å². The highest BCUT2D eigenvalue weighted by atomic mass is 19.4. The van der Waals surface area contributed by atoms with Crippen molar-refractivity contribution in [2.75, 3.05) is 13.2 Å². The van der Waals surface area contributed by atoms with Crippen molar-refractivity contribution < 1.29 is 27.4 Å². The zero-order chi connectivity index (χ0) is 16.0. The molecule has 0 bridgehead atoms. The molecule has 0 spiro atoms. The fourth-order valence-corrected chi connectivity index (χ4v) is 2.41. The van der Waals surface area contributed by atoms with E-state index in [1.54, 1.807) is 0 Å². The minimum Gasteiger partial charge on any atom is -0.445 e. The maximum absolute atomic E-state index is 12.2. The van der Waals surface area contributed by atoms with Crippen LogP contribution in [-0.4, -0.2) is 36.5 Å². The monoisotopic (exact) mass is 317 g/mol. The zero-order valence-electron chi connectivity index (χ0n) is 12.0. The van der Waals surface area contributed by atoms with Gasteiger partial charge in [-0.3, -0.25) is 4.74 Å². The van der Waals surface area contributed by atoms with Gasteiger partial charge >= 0.3 is 12.5 Å². The van der Waals surface area contributed by atoms with Crippen LogP contribution in [0.4, 0.5) is 18.0 Å². The SMILES string of the molecule is O=C(OCc1ccccc1)N1CCCCC1COC(F)(F)F. The maximum Gasteiger partial charge on any atom is 0.522 e. The van der Waals surface area contributed by atoms with Gasteiger partial charge in [-0.05, 0) is 24.8 Å². The van der Waals surface area contributed by atoms with E-state index in [0.717, 1.165) is 18.4 Å². The lowest BCUT2D eigenvalue weighted by atomic mass is 10.0. The molecule has 22 heavy (non-hydrogen) atoms. The number of benzene rings is 1. The van der Waals surface area contributed by atoms with Crippen molar-refractivity contribution in [3.05, 3.63) is 35.9 Å². The van der Waals surface area contributed by atoms with Gasteiger partial charge in [0.15, 0.2) is 0 Å². The summed E-state index contributed by atoms with van der Waals surface area (Å²) >= 11 is 0. The lowest BCUT2D eigenvalue weighted by Crippen LogP contribution is -2.47. The predicted molar refractivity (Wildman–Crippen MR) is 73.0 cm³/mol. The van der Waals surface area contributed by atoms with E-state index < -0.39 is 25.1 Å². The quantitative estimate of drug-likeness (QED) is 0.849. The number of hydrogen-bond acceptors (Lipinski definition) is 3. The van der Waals surface area contributed by atoms with Crippen LogP contribution >= 0.6 is 0 Å². The summed E-state index contributed by atoms with van der Waals surface area (Å²) in [5, 5.41) is 0. The molecule has 0 N–H and O–H groups in total. The molecule has 0 aromatic heterocycles. The van der Waals surface area contributed by atoms with Gasteiger partial charge in [0.25, 0.3) is 0 Å². The zero-order valence-corrected chi connectivity index (χ0v) is 12.0. The molecule has 7 heteroatoms. The van der Waals surface area contributed by atoms with Crippen LogP contribution in [0.1, 0.15) is 24.8 Å². The number of rotatable bonds is 4. The van der Waals surface area contributed by atoms with Gasteiger partial charge in [-0.1, -0.05) is 30.3 Å². The van der Waals surface area contributed by atoms with Crippen LogP contribution in [0.5, 0.6) is 0 Å². The number of ether oxygens (including phenoxy) is 2. The minimum atomic E-state index is -4.68. The molecule has 1 heterocycles. The van der Waals surface area contributed by atoms with Crippen molar-refractivity contribution in [3.8, 4) is 0 Å². The first-order valence-electron chi connectivity index (χ1n) is 7.14. The van der Waals surface area contributed by atoms with E-state index in [0.29, 0.717) is 13.0 Å². The van der Waals surface area contributed by atoms with Crippen LogP contribution in [0.2, 0.25) is 0 Å². The molecule has 1 atom stereocenters. The van der Waals surface area contributed by atoms with Crippen molar-refractivity contribution in [2.24, 2.45) is 0 Å².